The average molecular weight is 284 g/mol. The minimum absolute atomic E-state index is 0.224. The molecule has 114 valence electrons. The SMILES string of the molecule is CC(C)NCc1ccn(Cc2ccc(C(C)(C)C)cc2)c1. The van der Waals surface area contributed by atoms with Crippen LogP contribution in [0.4, 0.5) is 0 Å². The topological polar surface area (TPSA) is 17.0 Å². The summed E-state index contributed by atoms with van der Waals surface area (Å²) in [6.07, 6.45) is 4.39. The van der Waals surface area contributed by atoms with Gasteiger partial charge in [0.25, 0.3) is 0 Å². The van der Waals surface area contributed by atoms with Gasteiger partial charge in [0.2, 0.25) is 0 Å². The predicted molar refractivity (Wildman–Crippen MR) is 90.7 cm³/mol. The van der Waals surface area contributed by atoms with E-state index in [1.165, 1.54) is 16.7 Å². The molecule has 0 saturated carbocycles. The first-order chi connectivity index (χ1) is 9.84. The van der Waals surface area contributed by atoms with Crippen LogP contribution in [-0.2, 0) is 18.5 Å². The van der Waals surface area contributed by atoms with Gasteiger partial charge in [0.1, 0.15) is 0 Å². The van der Waals surface area contributed by atoms with Crippen LogP contribution in [0.25, 0.3) is 0 Å². The van der Waals surface area contributed by atoms with Crippen molar-refractivity contribution in [3.63, 3.8) is 0 Å². The highest BCUT2D eigenvalue weighted by Gasteiger charge is 2.12. The summed E-state index contributed by atoms with van der Waals surface area (Å²) in [6.45, 7) is 13.0. The highest BCUT2D eigenvalue weighted by molar-refractivity contribution is 5.28. The molecule has 1 aromatic carbocycles. The van der Waals surface area contributed by atoms with Gasteiger partial charge in [-0.25, -0.2) is 0 Å². The molecule has 0 aliphatic carbocycles. The number of benzene rings is 1. The smallest absolute Gasteiger partial charge is 0.0470 e. The second-order valence-corrected chi connectivity index (χ2v) is 7.17. The summed E-state index contributed by atoms with van der Waals surface area (Å²) in [7, 11) is 0. The Morgan fingerprint density at radius 3 is 2.24 bits per heavy atom. The number of hydrogen-bond donors (Lipinski definition) is 1. The minimum Gasteiger partial charge on any atom is -0.350 e. The lowest BCUT2D eigenvalue weighted by Crippen LogP contribution is -2.21. The van der Waals surface area contributed by atoms with Crippen molar-refractivity contribution in [1.82, 2.24) is 9.88 Å². The lowest BCUT2D eigenvalue weighted by molar-refractivity contribution is 0.587. The Morgan fingerprint density at radius 2 is 1.67 bits per heavy atom. The Morgan fingerprint density at radius 1 is 1.00 bits per heavy atom. The summed E-state index contributed by atoms with van der Waals surface area (Å²) >= 11 is 0. The molecule has 2 aromatic rings. The van der Waals surface area contributed by atoms with Crippen molar-refractivity contribution in [2.75, 3.05) is 0 Å². The van der Waals surface area contributed by atoms with E-state index in [1.54, 1.807) is 0 Å². The van der Waals surface area contributed by atoms with Crippen molar-refractivity contribution >= 4 is 0 Å². The van der Waals surface area contributed by atoms with E-state index < -0.39 is 0 Å². The molecule has 0 unspecified atom stereocenters. The molecule has 0 bridgehead atoms. The fraction of sp³-hybridized carbons (Fsp3) is 0.474. The highest BCUT2D eigenvalue weighted by Crippen LogP contribution is 2.22. The Hall–Kier alpha value is -1.54. The monoisotopic (exact) mass is 284 g/mol. The molecule has 1 heterocycles. The highest BCUT2D eigenvalue weighted by atomic mass is 14.9. The summed E-state index contributed by atoms with van der Waals surface area (Å²) in [4.78, 5) is 0. The lowest BCUT2D eigenvalue weighted by Gasteiger charge is -2.19. The summed E-state index contributed by atoms with van der Waals surface area (Å²) in [5.74, 6) is 0. The average Bonchev–Trinajstić information content (AvgIpc) is 2.83. The summed E-state index contributed by atoms with van der Waals surface area (Å²) in [5.41, 5.74) is 4.30. The van der Waals surface area contributed by atoms with Crippen LogP contribution < -0.4 is 5.32 Å². The fourth-order valence-corrected chi connectivity index (χ4v) is 2.34. The quantitative estimate of drug-likeness (QED) is 0.864. The molecule has 2 heteroatoms. The normalized spacial score (nSPS) is 12.1. The maximum Gasteiger partial charge on any atom is 0.0470 e. The maximum absolute atomic E-state index is 3.45. The molecule has 2 rings (SSSR count). The molecule has 0 aliphatic heterocycles. The van der Waals surface area contributed by atoms with Crippen LogP contribution in [-0.4, -0.2) is 10.6 Å². The number of nitrogens with one attached hydrogen (secondary N) is 1. The predicted octanol–water partition coefficient (Wildman–Crippen LogP) is 4.33. The Balaban J connectivity index is 1.98. The Bertz CT molecular complexity index is 556. The van der Waals surface area contributed by atoms with Crippen molar-refractivity contribution in [3.8, 4) is 0 Å². The second-order valence-electron chi connectivity index (χ2n) is 7.17. The van der Waals surface area contributed by atoms with Crippen LogP contribution in [0.15, 0.2) is 42.7 Å². The first-order valence-electron chi connectivity index (χ1n) is 7.82. The second kappa shape index (κ2) is 6.48. The molecule has 0 amide bonds. The van der Waals surface area contributed by atoms with Crippen LogP contribution in [0.5, 0.6) is 0 Å². The van der Waals surface area contributed by atoms with Gasteiger partial charge >= 0.3 is 0 Å². The van der Waals surface area contributed by atoms with Crippen LogP contribution in [0.3, 0.4) is 0 Å². The molecule has 0 atom stereocenters. The Labute approximate surface area is 129 Å². The third kappa shape index (κ3) is 4.75. The van der Waals surface area contributed by atoms with Gasteiger partial charge < -0.3 is 9.88 Å². The molecule has 0 spiro atoms. The van der Waals surface area contributed by atoms with Crippen LogP contribution in [0, 0.1) is 0 Å². The third-order valence-corrected chi connectivity index (χ3v) is 3.71. The minimum atomic E-state index is 0.224. The van der Waals surface area contributed by atoms with Gasteiger partial charge in [-0.15, -0.1) is 0 Å². The maximum atomic E-state index is 3.45. The largest absolute Gasteiger partial charge is 0.350 e. The fourth-order valence-electron chi connectivity index (χ4n) is 2.34. The zero-order valence-corrected chi connectivity index (χ0v) is 14.0. The van der Waals surface area contributed by atoms with Crippen molar-refractivity contribution < 1.29 is 0 Å². The van der Waals surface area contributed by atoms with Crippen molar-refractivity contribution in [1.29, 1.82) is 0 Å². The van der Waals surface area contributed by atoms with E-state index in [4.69, 9.17) is 0 Å². The van der Waals surface area contributed by atoms with Crippen LogP contribution in [0.2, 0.25) is 0 Å². The number of aromatic nitrogens is 1. The van der Waals surface area contributed by atoms with E-state index in [0.29, 0.717) is 6.04 Å². The van der Waals surface area contributed by atoms with Crippen LogP contribution in [0.1, 0.15) is 51.3 Å². The van der Waals surface area contributed by atoms with E-state index >= 15 is 0 Å². The molecular formula is C19H28N2. The van der Waals surface area contributed by atoms with Gasteiger partial charge in [0.15, 0.2) is 0 Å². The number of hydrogen-bond acceptors (Lipinski definition) is 1. The first kappa shape index (κ1) is 15.8. The van der Waals surface area contributed by atoms with Gasteiger partial charge in [0.05, 0.1) is 0 Å². The molecule has 0 fully saturated rings. The van der Waals surface area contributed by atoms with E-state index in [-0.39, 0.29) is 5.41 Å². The molecular weight excluding hydrogens is 256 g/mol. The number of nitrogens with zero attached hydrogens (tertiary/aromatic N) is 1. The van der Waals surface area contributed by atoms with E-state index in [1.807, 2.05) is 0 Å². The van der Waals surface area contributed by atoms with Gasteiger partial charge in [-0.2, -0.15) is 0 Å². The van der Waals surface area contributed by atoms with E-state index in [9.17, 15) is 0 Å². The molecule has 21 heavy (non-hydrogen) atoms. The van der Waals surface area contributed by atoms with E-state index in [0.717, 1.165) is 13.1 Å². The van der Waals surface area contributed by atoms with Crippen molar-refractivity contribution in [2.24, 2.45) is 0 Å². The summed E-state index contributed by atoms with van der Waals surface area (Å²) in [5, 5.41) is 3.45. The first-order valence-corrected chi connectivity index (χ1v) is 7.82. The van der Waals surface area contributed by atoms with Crippen LogP contribution >= 0.6 is 0 Å². The third-order valence-electron chi connectivity index (χ3n) is 3.71. The van der Waals surface area contributed by atoms with Gasteiger partial charge in [-0.1, -0.05) is 58.9 Å². The lowest BCUT2D eigenvalue weighted by atomic mass is 9.87. The summed E-state index contributed by atoms with van der Waals surface area (Å²) in [6, 6.07) is 11.7. The van der Waals surface area contributed by atoms with Gasteiger partial charge in [-0.3, -0.25) is 0 Å². The van der Waals surface area contributed by atoms with E-state index in [2.05, 4.69) is 87.2 Å². The molecule has 0 radical (unpaired) electrons. The zero-order chi connectivity index (χ0) is 15.5. The molecule has 2 nitrogen and oxygen atoms in total. The summed E-state index contributed by atoms with van der Waals surface area (Å²) < 4.78 is 2.25. The van der Waals surface area contributed by atoms with Crippen molar-refractivity contribution in [3.05, 3.63) is 59.4 Å². The molecule has 1 N–H and O–H groups in total. The number of rotatable bonds is 5. The van der Waals surface area contributed by atoms with Gasteiger partial charge in [0, 0.05) is 31.5 Å². The molecule has 0 aliphatic rings. The van der Waals surface area contributed by atoms with Crippen molar-refractivity contribution in [2.45, 2.75) is 59.2 Å². The zero-order valence-electron chi connectivity index (χ0n) is 14.0. The van der Waals surface area contributed by atoms with Gasteiger partial charge in [-0.05, 0) is 28.2 Å². The molecule has 0 saturated heterocycles. The Kier molecular flexibility index (Phi) is 4.89. The standard InChI is InChI=1S/C19H28N2/c1-15(2)20-12-17-10-11-21(14-17)13-16-6-8-18(9-7-16)19(3,4)5/h6-11,14-15,20H,12-13H2,1-5H3. The molecule has 1 aromatic heterocycles.